The lowest BCUT2D eigenvalue weighted by atomic mass is 9.89. The van der Waals surface area contributed by atoms with Gasteiger partial charge in [0, 0.05) is 29.0 Å². The van der Waals surface area contributed by atoms with Crippen molar-refractivity contribution in [2.75, 3.05) is 13.1 Å². The van der Waals surface area contributed by atoms with Crippen LogP contribution in [0.25, 0.3) is 5.69 Å². The van der Waals surface area contributed by atoms with Crippen LogP contribution in [0.5, 0.6) is 0 Å². The number of amides is 1. The normalized spacial score (nSPS) is 14.8. The lowest BCUT2D eigenvalue weighted by Crippen LogP contribution is -2.40. The zero-order valence-electron chi connectivity index (χ0n) is 16.1. The highest BCUT2D eigenvalue weighted by molar-refractivity contribution is 9.10. The summed E-state index contributed by atoms with van der Waals surface area (Å²) in [4.78, 5) is 27.4. The van der Waals surface area contributed by atoms with Crippen molar-refractivity contribution < 1.29 is 9.59 Å². The number of Topliss-reactive ketones (excluding diaryl/α,β-unsaturated/α-hetero) is 1. The number of likely N-dealkylation sites (tertiary alicyclic amines) is 1. The summed E-state index contributed by atoms with van der Waals surface area (Å²) in [5, 5.41) is 8.31. The molecule has 1 fully saturated rings. The van der Waals surface area contributed by atoms with Gasteiger partial charge in [0.05, 0.1) is 11.4 Å². The van der Waals surface area contributed by atoms with Gasteiger partial charge in [-0.05, 0) is 38.0 Å². The number of ketones is 1. The van der Waals surface area contributed by atoms with Crippen LogP contribution in [0.1, 0.15) is 39.4 Å². The first-order valence-electron chi connectivity index (χ1n) is 9.61. The van der Waals surface area contributed by atoms with Crippen molar-refractivity contribution in [2.24, 2.45) is 5.92 Å². The maximum absolute atomic E-state index is 13.0. The third-order valence-electron chi connectivity index (χ3n) is 5.36. The van der Waals surface area contributed by atoms with E-state index in [-0.39, 0.29) is 17.6 Å². The Morgan fingerprint density at radius 2 is 1.76 bits per heavy atom. The molecule has 0 N–H and O–H groups in total. The second kappa shape index (κ2) is 8.29. The molecule has 1 saturated heterocycles. The maximum atomic E-state index is 13.0. The van der Waals surface area contributed by atoms with Crippen LogP contribution in [0.3, 0.4) is 0 Å². The molecule has 29 heavy (non-hydrogen) atoms. The number of hydrogen-bond donors (Lipinski definition) is 0. The quantitative estimate of drug-likeness (QED) is 0.559. The van der Waals surface area contributed by atoms with E-state index in [9.17, 15) is 9.59 Å². The molecule has 0 atom stereocenters. The monoisotopic (exact) mass is 452 g/mol. The Kier molecular flexibility index (Phi) is 5.58. The van der Waals surface area contributed by atoms with E-state index in [1.807, 2.05) is 61.5 Å². The number of aromatic nitrogens is 3. The van der Waals surface area contributed by atoms with Gasteiger partial charge in [-0.3, -0.25) is 9.59 Å². The number of halogens is 1. The van der Waals surface area contributed by atoms with Crippen LogP contribution in [0.2, 0.25) is 0 Å². The molecule has 1 aliphatic rings. The minimum absolute atomic E-state index is 0.0418. The topological polar surface area (TPSA) is 68.1 Å². The third kappa shape index (κ3) is 4.00. The highest BCUT2D eigenvalue weighted by Crippen LogP contribution is 2.24. The van der Waals surface area contributed by atoms with Gasteiger partial charge in [-0.15, -0.1) is 5.10 Å². The van der Waals surface area contributed by atoms with E-state index >= 15 is 0 Å². The fourth-order valence-corrected chi connectivity index (χ4v) is 4.10. The molecule has 0 saturated carbocycles. The van der Waals surface area contributed by atoms with Crippen molar-refractivity contribution in [3.63, 3.8) is 0 Å². The van der Waals surface area contributed by atoms with Gasteiger partial charge < -0.3 is 4.90 Å². The van der Waals surface area contributed by atoms with Crippen LogP contribution in [-0.4, -0.2) is 44.7 Å². The van der Waals surface area contributed by atoms with Crippen LogP contribution in [0.15, 0.2) is 59.1 Å². The zero-order chi connectivity index (χ0) is 20.4. The Balaban J connectivity index is 1.45. The zero-order valence-corrected chi connectivity index (χ0v) is 17.7. The van der Waals surface area contributed by atoms with Crippen molar-refractivity contribution in [3.05, 3.63) is 76.0 Å². The highest BCUT2D eigenvalue weighted by Gasteiger charge is 2.30. The molecule has 0 unspecified atom stereocenters. The predicted octanol–water partition coefficient (Wildman–Crippen LogP) is 4.07. The predicted molar refractivity (Wildman–Crippen MR) is 113 cm³/mol. The molecule has 0 aliphatic carbocycles. The van der Waals surface area contributed by atoms with Gasteiger partial charge in [0.15, 0.2) is 11.5 Å². The van der Waals surface area contributed by atoms with Crippen molar-refractivity contribution in [1.29, 1.82) is 0 Å². The molecular formula is C22H21BrN4O2. The smallest absolute Gasteiger partial charge is 0.276 e. The Labute approximate surface area is 177 Å². The van der Waals surface area contributed by atoms with E-state index in [1.165, 1.54) is 0 Å². The Bertz CT molecular complexity index is 1040. The van der Waals surface area contributed by atoms with Gasteiger partial charge in [-0.2, -0.15) is 0 Å². The van der Waals surface area contributed by atoms with Crippen LogP contribution < -0.4 is 0 Å². The summed E-state index contributed by atoms with van der Waals surface area (Å²) in [5.41, 5.74) is 2.65. The largest absolute Gasteiger partial charge is 0.337 e. The molecule has 1 amide bonds. The molecule has 148 valence electrons. The fourth-order valence-electron chi connectivity index (χ4n) is 3.71. The second-order valence-corrected chi connectivity index (χ2v) is 8.13. The molecule has 7 heteroatoms. The number of nitrogens with zero attached hydrogens (tertiary/aromatic N) is 4. The number of carbonyl (C=O) groups is 2. The third-order valence-corrected chi connectivity index (χ3v) is 5.85. The molecule has 0 bridgehead atoms. The summed E-state index contributed by atoms with van der Waals surface area (Å²) in [6, 6.07) is 17.1. The van der Waals surface area contributed by atoms with E-state index in [1.54, 1.807) is 9.58 Å². The van der Waals surface area contributed by atoms with Crippen LogP contribution >= 0.6 is 15.9 Å². The first-order chi connectivity index (χ1) is 14.0. The van der Waals surface area contributed by atoms with Crippen LogP contribution in [0.4, 0.5) is 0 Å². The number of piperidine rings is 1. The van der Waals surface area contributed by atoms with Gasteiger partial charge in [0.1, 0.15) is 0 Å². The van der Waals surface area contributed by atoms with E-state index < -0.39 is 0 Å². The average molecular weight is 453 g/mol. The molecule has 1 aromatic heterocycles. The van der Waals surface area contributed by atoms with Crippen molar-refractivity contribution in [3.8, 4) is 5.69 Å². The lowest BCUT2D eigenvalue weighted by Gasteiger charge is -2.31. The molecule has 0 radical (unpaired) electrons. The first-order valence-corrected chi connectivity index (χ1v) is 10.4. The minimum atomic E-state index is -0.130. The van der Waals surface area contributed by atoms with Crippen molar-refractivity contribution in [2.45, 2.75) is 19.8 Å². The summed E-state index contributed by atoms with van der Waals surface area (Å²) in [7, 11) is 0. The first kappa shape index (κ1) is 19.5. The summed E-state index contributed by atoms with van der Waals surface area (Å²) in [6.45, 7) is 2.94. The highest BCUT2D eigenvalue weighted by atomic mass is 79.9. The standard InChI is InChI=1S/C22H21BrN4O2/c1-15-20(24-25-27(15)19-9-5-8-18(23)14-19)22(29)26-12-10-17(11-13-26)21(28)16-6-3-2-4-7-16/h2-9,14,17H,10-13H2,1H3. The maximum Gasteiger partial charge on any atom is 0.276 e. The Morgan fingerprint density at radius 3 is 2.45 bits per heavy atom. The lowest BCUT2D eigenvalue weighted by molar-refractivity contribution is 0.0645. The number of benzene rings is 2. The Hall–Kier alpha value is -2.80. The van der Waals surface area contributed by atoms with E-state index in [0.717, 1.165) is 15.7 Å². The van der Waals surface area contributed by atoms with Crippen molar-refractivity contribution in [1.82, 2.24) is 19.9 Å². The number of hydrogen-bond acceptors (Lipinski definition) is 4. The summed E-state index contributed by atoms with van der Waals surface area (Å²) in [5.74, 6) is -0.0104. The summed E-state index contributed by atoms with van der Waals surface area (Å²) < 4.78 is 2.60. The molecule has 4 rings (SSSR count). The number of rotatable bonds is 4. The molecule has 6 nitrogen and oxygen atoms in total. The fraction of sp³-hybridized carbons (Fsp3) is 0.273. The SMILES string of the molecule is Cc1c(C(=O)N2CCC(C(=O)c3ccccc3)CC2)nnn1-c1cccc(Br)c1. The van der Waals surface area contributed by atoms with E-state index in [4.69, 9.17) is 0 Å². The van der Waals surface area contributed by atoms with Crippen LogP contribution in [0, 0.1) is 12.8 Å². The van der Waals surface area contributed by atoms with E-state index in [0.29, 0.717) is 37.3 Å². The minimum Gasteiger partial charge on any atom is -0.337 e. The van der Waals surface area contributed by atoms with Crippen molar-refractivity contribution >= 4 is 27.6 Å². The second-order valence-electron chi connectivity index (χ2n) is 7.21. The average Bonchev–Trinajstić information content (AvgIpc) is 3.15. The van der Waals surface area contributed by atoms with Crippen LogP contribution in [-0.2, 0) is 0 Å². The Morgan fingerprint density at radius 1 is 1.03 bits per heavy atom. The summed E-state index contributed by atoms with van der Waals surface area (Å²) >= 11 is 3.45. The molecule has 0 spiro atoms. The van der Waals surface area contributed by atoms with Gasteiger partial charge in [0.25, 0.3) is 5.91 Å². The van der Waals surface area contributed by atoms with Gasteiger partial charge in [-0.1, -0.05) is 57.5 Å². The van der Waals surface area contributed by atoms with Gasteiger partial charge >= 0.3 is 0 Å². The summed E-state index contributed by atoms with van der Waals surface area (Å²) in [6.07, 6.45) is 1.33. The van der Waals surface area contributed by atoms with E-state index in [2.05, 4.69) is 26.2 Å². The molecule has 3 aromatic rings. The molecule has 2 aromatic carbocycles. The van der Waals surface area contributed by atoms with Gasteiger partial charge in [-0.25, -0.2) is 4.68 Å². The molecule has 1 aliphatic heterocycles. The van der Waals surface area contributed by atoms with Gasteiger partial charge in [0.2, 0.25) is 0 Å². The molecular weight excluding hydrogens is 432 g/mol. The molecule has 2 heterocycles. The number of carbonyl (C=O) groups excluding carboxylic acids is 2.